The van der Waals surface area contributed by atoms with Crippen molar-refractivity contribution in [2.45, 2.75) is 18.2 Å². The molecule has 1 radical (unpaired) electrons. The van der Waals surface area contributed by atoms with E-state index in [1.807, 2.05) is 0 Å². The van der Waals surface area contributed by atoms with Crippen molar-refractivity contribution < 1.29 is 13.5 Å². The van der Waals surface area contributed by atoms with E-state index in [9.17, 15) is 13.5 Å². The van der Waals surface area contributed by atoms with Gasteiger partial charge in [-0.1, -0.05) is 12.1 Å². The van der Waals surface area contributed by atoms with Gasteiger partial charge >= 0.3 is 0 Å². The molecule has 0 bridgehead atoms. The van der Waals surface area contributed by atoms with Crippen molar-refractivity contribution in [1.82, 2.24) is 0 Å². The summed E-state index contributed by atoms with van der Waals surface area (Å²) >= 11 is 0. The average Bonchev–Trinajstić information content (AvgIpc) is 2.07. The van der Waals surface area contributed by atoms with Crippen LogP contribution in [0.2, 0.25) is 0 Å². The molecule has 1 aromatic rings. The summed E-state index contributed by atoms with van der Waals surface area (Å²) in [7, 11) is -3.68. The molecular formula is C9H12NO3S. The fourth-order valence-electron chi connectivity index (χ4n) is 1.35. The van der Waals surface area contributed by atoms with Crippen molar-refractivity contribution >= 4 is 10.0 Å². The van der Waals surface area contributed by atoms with Gasteiger partial charge in [-0.15, -0.1) is 0 Å². The van der Waals surface area contributed by atoms with Crippen LogP contribution >= 0.6 is 0 Å². The van der Waals surface area contributed by atoms with Gasteiger partial charge in [0.25, 0.3) is 0 Å². The highest BCUT2D eigenvalue weighted by molar-refractivity contribution is 7.89. The lowest BCUT2D eigenvalue weighted by Crippen LogP contribution is -2.14. The average molecular weight is 214 g/mol. The topological polar surface area (TPSA) is 80.1 Å². The van der Waals surface area contributed by atoms with Crippen molar-refractivity contribution in [3.63, 3.8) is 0 Å². The van der Waals surface area contributed by atoms with Crippen LogP contribution in [0.4, 0.5) is 0 Å². The molecule has 14 heavy (non-hydrogen) atoms. The fourth-order valence-corrected chi connectivity index (χ4v) is 2.18. The van der Waals surface area contributed by atoms with E-state index in [-0.39, 0.29) is 11.5 Å². The molecule has 1 aromatic carbocycles. The SMILES string of the molecule is Cc1c(CC[O])cccc1S(N)(=O)=O. The van der Waals surface area contributed by atoms with Crippen LogP contribution in [-0.4, -0.2) is 15.0 Å². The van der Waals surface area contributed by atoms with E-state index < -0.39 is 10.0 Å². The zero-order valence-electron chi connectivity index (χ0n) is 7.86. The molecular weight excluding hydrogens is 202 g/mol. The number of primary sulfonamides is 1. The monoisotopic (exact) mass is 214 g/mol. The predicted octanol–water partition coefficient (Wildman–Crippen LogP) is 0.615. The number of rotatable bonds is 3. The largest absolute Gasteiger partial charge is 0.238 e. The predicted molar refractivity (Wildman–Crippen MR) is 51.8 cm³/mol. The Morgan fingerprint density at radius 3 is 2.50 bits per heavy atom. The van der Waals surface area contributed by atoms with Crippen LogP contribution < -0.4 is 5.14 Å². The zero-order chi connectivity index (χ0) is 10.8. The molecule has 0 saturated carbocycles. The summed E-state index contributed by atoms with van der Waals surface area (Å²) in [6.07, 6.45) is 0.329. The first-order valence-electron chi connectivity index (χ1n) is 4.16. The third-order valence-corrected chi connectivity index (χ3v) is 3.13. The molecule has 0 atom stereocenters. The normalized spacial score (nSPS) is 11.6. The molecule has 0 amide bonds. The minimum atomic E-state index is -3.68. The molecule has 1 rings (SSSR count). The highest BCUT2D eigenvalue weighted by atomic mass is 32.2. The first-order chi connectivity index (χ1) is 6.46. The summed E-state index contributed by atoms with van der Waals surface area (Å²) in [5.41, 5.74) is 1.32. The molecule has 0 aliphatic rings. The molecule has 0 aliphatic heterocycles. The summed E-state index contributed by atoms with van der Waals surface area (Å²) < 4.78 is 22.2. The van der Waals surface area contributed by atoms with Gasteiger partial charge < -0.3 is 0 Å². The minimum absolute atomic E-state index is 0.100. The second-order valence-corrected chi connectivity index (χ2v) is 4.57. The lowest BCUT2D eigenvalue weighted by Gasteiger charge is -2.07. The molecule has 0 spiro atoms. The van der Waals surface area contributed by atoms with Gasteiger partial charge in [0.1, 0.15) is 0 Å². The molecule has 0 heterocycles. The van der Waals surface area contributed by atoms with E-state index in [0.29, 0.717) is 12.0 Å². The smallest absolute Gasteiger partial charge is 0.236 e. The van der Waals surface area contributed by atoms with E-state index in [4.69, 9.17) is 5.14 Å². The first kappa shape index (κ1) is 11.2. The summed E-state index contributed by atoms with van der Waals surface area (Å²) in [6, 6.07) is 4.78. The Hall–Kier alpha value is -0.910. The second kappa shape index (κ2) is 4.08. The van der Waals surface area contributed by atoms with Gasteiger partial charge in [0.2, 0.25) is 10.0 Å². The van der Waals surface area contributed by atoms with E-state index >= 15 is 0 Å². The third-order valence-electron chi connectivity index (χ3n) is 2.07. The highest BCUT2D eigenvalue weighted by Gasteiger charge is 2.12. The molecule has 5 heteroatoms. The van der Waals surface area contributed by atoms with Crippen LogP contribution in [0, 0.1) is 6.92 Å². The lowest BCUT2D eigenvalue weighted by atomic mass is 10.1. The molecule has 0 aliphatic carbocycles. The Labute approximate surface area is 83.4 Å². The number of benzene rings is 1. The molecule has 0 aromatic heterocycles. The summed E-state index contributed by atoms with van der Waals surface area (Å²) in [5, 5.41) is 15.4. The van der Waals surface area contributed by atoms with Crippen LogP contribution in [0.1, 0.15) is 11.1 Å². The van der Waals surface area contributed by atoms with Gasteiger partial charge in [-0.3, -0.25) is 0 Å². The van der Waals surface area contributed by atoms with Crippen molar-refractivity contribution in [3.8, 4) is 0 Å². The van der Waals surface area contributed by atoms with Crippen LogP contribution in [0.3, 0.4) is 0 Å². The van der Waals surface area contributed by atoms with Crippen LogP contribution in [0.5, 0.6) is 0 Å². The Morgan fingerprint density at radius 1 is 1.36 bits per heavy atom. The van der Waals surface area contributed by atoms with Crippen molar-refractivity contribution in [1.29, 1.82) is 0 Å². The van der Waals surface area contributed by atoms with Gasteiger partial charge in [-0.2, -0.15) is 0 Å². The molecule has 0 unspecified atom stereocenters. The maximum atomic E-state index is 11.1. The van der Waals surface area contributed by atoms with Crippen LogP contribution in [0.25, 0.3) is 0 Å². The van der Waals surface area contributed by atoms with E-state index in [1.165, 1.54) is 6.07 Å². The lowest BCUT2D eigenvalue weighted by molar-refractivity contribution is 0.197. The van der Waals surface area contributed by atoms with Gasteiger partial charge in [-0.25, -0.2) is 18.7 Å². The number of sulfonamides is 1. The number of nitrogens with two attached hydrogens (primary N) is 1. The number of hydrogen-bond donors (Lipinski definition) is 1. The Kier molecular flexibility index (Phi) is 3.25. The molecule has 0 fully saturated rings. The van der Waals surface area contributed by atoms with Crippen LogP contribution in [-0.2, 0) is 21.6 Å². The van der Waals surface area contributed by atoms with Gasteiger partial charge in [0.05, 0.1) is 11.5 Å². The number of hydrogen-bond acceptors (Lipinski definition) is 2. The van der Waals surface area contributed by atoms with Crippen molar-refractivity contribution in [2.75, 3.05) is 6.61 Å². The van der Waals surface area contributed by atoms with Crippen molar-refractivity contribution in [3.05, 3.63) is 29.3 Å². The summed E-state index contributed by atoms with van der Waals surface area (Å²) in [4.78, 5) is 0.100. The van der Waals surface area contributed by atoms with E-state index in [1.54, 1.807) is 19.1 Å². The molecule has 4 nitrogen and oxygen atoms in total. The third kappa shape index (κ3) is 2.31. The Balaban J connectivity index is 3.28. The highest BCUT2D eigenvalue weighted by Crippen LogP contribution is 2.17. The summed E-state index contributed by atoms with van der Waals surface area (Å²) in [6.45, 7) is 1.40. The molecule has 77 valence electrons. The van der Waals surface area contributed by atoms with Gasteiger partial charge in [0.15, 0.2) is 0 Å². The fraction of sp³-hybridized carbons (Fsp3) is 0.333. The van der Waals surface area contributed by atoms with E-state index in [2.05, 4.69) is 0 Å². The maximum Gasteiger partial charge on any atom is 0.238 e. The molecule has 2 N–H and O–H groups in total. The second-order valence-electron chi connectivity index (χ2n) is 3.04. The minimum Gasteiger partial charge on any atom is -0.236 e. The Bertz CT molecular complexity index is 426. The summed E-state index contributed by atoms with van der Waals surface area (Å²) in [5.74, 6) is 0. The maximum absolute atomic E-state index is 11.1. The Morgan fingerprint density at radius 2 is 2.00 bits per heavy atom. The van der Waals surface area contributed by atoms with Gasteiger partial charge in [0, 0.05) is 0 Å². The van der Waals surface area contributed by atoms with Crippen molar-refractivity contribution in [2.24, 2.45) is 5.14 Å². The quantitative estimate of drug-likeness (QED) is 0.800. The first-order valence-corrected chi connectivity index (χ1v) is 5.71. The standard InChI is InChI=1S/C9H12NO3S/c1-7-8(5-6-11)3-2-4-9(7)14(10,12)13/h2-4H,5-6H2,1H3,(H2,10,12,13). The van der Waals surface area contributed by atoms with Crippen LogP contribution in [0.15, 0.2) is 23.1 Å². The zero-order valence-corrected chi connectivity index (χ0v) is 8.67. The molecule has 0 saturated heterocycles. The van der Waals surface area contributed by atoms with Gasteiger partial charge in [-0.05, 0) is 30.5 Å². The van der Waals surface area contributed by atoms with E-state index in [0.717, 1.165) is 5.56 Å².